The average Bonchev–Trinajstić information content (AvgIpc) is 2.56. The molecule has 70 valence electrons. The van der Waals surface area contributed by atoms with Crippen LogP contribution in [-0.2, 0) is 0 Å². The number of hydrogen-bond acceptors (Lipinski definition) is 0. The van der Waals surface area contributed by atoms with Crippen molar-refractivity contribution < 1.29 is 0 Å². The van der Waals surface area contributed by atoms with Crippen LogP contribution in [0.4, 0.5) is 0 Å². The van der Waals surface area contributed by atoms with Crippen molar-refractivity contribution in [2.24, 2.45) is 17.8 Å². The Labute approximate surface area is 76.7 Å². The van der Waals surface area contributed by atoms with Crippen LogP contribution in [0.2, 0.25) is 0 Å². The SMILES string of the molecule is C[C@@H]1CCCC(C2CCCC2)C1. The van der Waals surface area contributed by atoms with Gasteiger partial charge < -0.3 is 0 Å². The average molecular weight is 166 g/mol. The summed E-state index contributed by atoms with van der Waals surface area (Å²) < 4.78 is 0. The summed E-state index contributed by atoms with van der Waals surface area (Å²) in [4.78, 5) is 0. The molecule has 0 aromatic carbocycles. The quantitative estimate of drug-likeness (QED) is 0.552. The van der Waals surface area contributed by atoms with Gasteiger partial charge in [0.2, 0.25) is 0 Å². The molecule has 0 heterocycles. The molecule has 2 atom stereocenters. The molecule has 2 fully saturated rings. The van der Waals surface area contributed by atoms with Gasteiger partial charge in [0.1, 0.15) is 0 Å². The van der Waals surface area contributed by atoms with Crippen molar-refractivity contribution in [3.63, 3.8) is 0 Å². The third kappa shape index (κ3) is 1.84. The minimum Gasteiger partial charge on any atom is -0.0625 e. The maximum absolute atomic E-state index is 2.45. The summed E-state index contributed by atoms with van der Waals surface area (Å²) >= 11 is 0. The standard InChI is InChI=1S/C12H22/c1-10-5-4-8-12(9-10)11-6-2-3-7-11/h10-12H,2-9H2,1H3/t10-,12?/m1/s1. The molecule has 0 spiro atoms. The summed E-state index contributed by atoms with van der Waals surface area (Å²) in [6, 6.07) is 0. The monoisotopic (exact) mass is 166 g/mol. The Morgan fingerprint density at radius 3 is 2.08 bits per heavy atom. The highest BCUT2D eigenvalue weighted by atomic mass is 14.3. The highest BCUT2D eigenvalue weighted by Crippen LogP contribution is 2.40. The Hall–Kier alpha value is 0. The van der Waals surface area contributed by atoms with Gasteiger partial charge in [-0.1, -0.05) is 51.9 Å². The van der Waals surface area contributed by atoms with E-state index in [0.29, 0.717) is 0 Å². The molecule has 0 radical (unpaired) electrons. The molecule has 0 nitrogen and oxygen atoms in total. The first-order valence-corrected chi connectivity index (χ1v) is 5.86. The molecule has 2 aliphatic rings. The van der Waals surface area contributed by atoms with Crippen LogP contribution < -0.4 is 0 Å². The fourth-order valence-corrected chi connectivity index (χ4v) is 3.34. The molecule has 12 heavy (non-hydrogen) atoms. The van der Waals surface area contributed by atoms with E-state index in [1.807, 2.05) is 0 Å². The first kappa shape index (κ1) is 8.59. The van der Waals surface area contributed by atoms with Gasteiger partial charge in [-0.2, -0.15) is 0 Å². The van der Waals surface area contributed by atoms with Gasteiger partial charge in [0, 0.05) is 0 Å². The summed E-state index contributed by atoms with van der Waals surface area (Å²) in [5, 5.41) is 0. The van der Waals surface area contributed by atoms with Gasteiger partial charge in [0.15, 0.2) is 0 Å². The van der Waals surface area contributed by atoms with Gasteiger partial charge >= 0.3 is 0 Å². The van der Waals surface area contributed by atoms with Gasteiger partial charge in [-0.3, -0.25) is 0 Å². The zero-order valence-corrected chi connectivity index (χ0v) is 8.39. The van der Waals surface area contributed by atoms with Crippen molar-refractivity contribution in [1.29, 1.82) is 0 Å². The molecule has 0 bridgehead atoms. The lowest BCUT2D eigenvalue weighted by atomic mass is 9.75. The van der Waals surface area contributed by atoms with E-state index in [2.05, 4.69) is 6.92 Å². The Morgan fingerprint density at radius 1 is 0.750 bits per heavy atom. The Balaban J connectivity index is 1.85. The van der Waals surface area contributed by atoms with Crippen LogP contribution in [0.25, 0.3) is 0 Å². The van der Waals surface area contributed by atoms with E-state index < -0.39 is 0 Å². The van der Waals surface area contributed by atoms with Crippen LogP contribution in [0.1, 0.15) is 58.3 Å². The van der Waals surface area contributed by atoms with Crippen LogP contribution in [-0.4, -0.2) is 0 Å². The maximum Gasteiger partial charge on any atom is -0.0383 e. The molecular weight excluding hydrogens is 144 g/mol. The molecule has 0 saturated heterocycles. The van der Waals surface area contributed by atoms with Crippen LogP contribution in [0.3, 0.4) is 0 Å². The molecule has 2 saturated carbocycles. The fraction of sp³-hybridized carbons (Fsp3) is 1.00. The Morgan fingerprint density at radius 2 is 1.42 bits per heavy atom. The number of hydrogen-bond donors (Lipinski definition) is 0. The van der Waals surface area contributed by atoms with Gasteiger partial charge in [-0.05, 0) is 24.2 Å². The molecule has 0 heteroatoms. The summed E-state index contributed by atoms with van der Waals surface area (Å²) in [6.07, 6.45) is 12.3. The molecule has 0 aromatic heterocycles. The van der Waals surface area contributed by atoms with E-state index in [4.69, 9.17) is 0 Å². The van der Waals surface area contributed by atoms with Gasteiger partial charge in [0.25, 0.3) is 0 Å². The smallest absolute Gasteiger partial charge is 0.0383 e. The molecule has 0 N–H and O–H groups in total. The molecule has 0 aliphatic heterocycles. The highest BCUT2D eigenvalue weighted by Gasteiger charge is 2.28. The lowest BCUT2D eigenvalue weighted by Gasteiger charge is -2.31. The Bertz CT molecular complexity index is 133. The van der Waals surface area contributed by atoms with Crippen LogP contribution in [0.15, 0.2) is 0 Å². The number of rotatable bonds is 1. The molecule has 2 rings (SSSR count). The van der Waals surface area contributed by atoms with Gasteiger partial charge in [0.05, 0.1) is 0 Å². The maximum atomic E-state index is 2.45. The third-order valence-corrected chi connectivity index (χ3v) is 4.04. The minimum atomic E-state index is 1.03. The largest absolute Gasteiger partial charge is 0.0625 e. The van der Waals surface area contributed by atoms with Crippen LogP contribution in [0, 0.1) is 17.8 Å². The molecule has 0 aromatic rings. The molecular formula is C12H22. The Kier molecular flexibility index (Phi) is 2.73. The third-order valence-electron chi connectivity index (χ3n) is 4.04. The van der Waals surface area contributed by atoms with Crippen molar-refractivity contribution in [3.8, 4) is 0 Å². The predicted molar refractivity (Wildman–Crippen MR) is 53.1 cm³/mol. The summed E-state index contributed by atoms with van der Waals surface area (Å²) in [7, 11) is 0. The van der Waals surface area contributed by atoms with Crippen LogP contribution in [0.5, 0.6) is 0 Å². The van der Waals surface area contributed by atoms with Crippen molar-refractivity contribution in [3.05, 3.63) is 0 Å². The zero-order chi connectivity index (χ0) is 8.39. The second kappa shape index (κ2) is 3.81. The molecule has 0 amide bonds. The second-order valence-electron chi connectivity index (χ2n) is 5.08. The van der Waals surface area contributed by atoms with E-state index in [0.717, 1.165) is 17.8 Å². The predicted octanol–water partition coefficient (Wildman–Crippen LogP) is 4.00. The summed E-state index contributed by atoms with van der Waals surface area (Å²) in [6.45, 7) is 2.45. The van der Waals surface area contributed by atoms with E-state index in [9.17, 15) is 0 Å². The van der Waals surface area contributed by atoms with Crippen molar-refractivity contribution in [2.75, 3.05) is 0 Å². The van der Waals surface area contributed by atoms with Crippen molar-refractivity contribution >= 4 is 0 Å². The minimum absolute atomic E-state index is 1.03. The molecule has 2 aliphatic carbocycles. The lowest BCUT2D eigenvalue weighted by Crippen LogP contribution is -2.19. The first-order chi connectivity index (χ1) is 5.86. The van der Waals surface area contributed by atoms with Crippen molar-refractivity contribution in [2.45, 2.75) is 58.3 Å². The van der Waals surface area contributed by atoms with E-state index in [1.54, 1.807) is 25.7 Å². The fourth-order valence-electron chi connectivity index (χ4n) is 3.34. The summed E-state index contributed by atoms with van der Waals surface area (Å²) in [5.41, 5.74) is 0. The normalized spacial score (nSPS) is 38.8. The first-order valence-electron chi connectivity index (χ1n) is 5.86. The lowest BCUT2D eigenvalue weighted by molar-refractivity contribution is 0.206. The van der Waals surface area contributed by atoms with Crippen LogP contribution >= 0.6 is 0 Å². The van der Waals surface area contributed by atoms with E-state index in [1.165, 1.54) is 25.7 Å². The van der Waals surface area contributed by atoms with E-state index >= 15 is 0 Å². The highest BCUT2D eigenvalue weighted by molar-refractivity contribution is 4.79. The van der Waals surface area contributed by atoms with Crippen molar-refractivity contribution in [1.82, 2.24) is 0 Å². The summed E-state index contributed by atoms with van der Waals surface area (Å²) in [5.74, 6) is 3.29. The zero-order valence-electron chi connectivity index (χ0n) is 8.39. The molecule has 1 unspecified atom stereocenters. The second-order valence-corrected chi connectivity index (χ2v) is 5.08. The topological polar surface area (TPSA) is 0 Å². The van der Waals surface area contributed by atoms with E-state index in [-0.39, 0.29) is 0 Å². The van der Waals surface area contributed by atoms with Gasteiger partial charge in [-0.15, -0.1) is 0 Å². The van der Waals surface area contributed by atoms with Gasteiger partial charge in [-0.25, -0.2) is 0 Å².